The van der Waals surface area contributed by atoms with E-state index in [1.165, 1.54) is 19.2 Å². The quantitative estimate of drug-likeness (QED) is 0.300. The Hall–Kier alpha value is -3.84. The van der Waals surface area contributed by atoms with Gasteiger partial charge in [0.1, 0.15) is 5.75 Å². The van der Waals surface area contributed by atoms with Crippen LogP contribution in [0.2, 0.25) is 0 Å². The van der Waals surface area contributed by atoms with Gasteiger partial charge in [-0.15, -0.1) is 13.2 Å². The summed E-state index contributed by atoms with van der Waals surface area (Å²) in [5, 5.41) is 0. The van der Waals surface area contributed by atoms with Crippen molar-refractivity contribution in [2.75, 3.05) is 20.2 Å². The molecule has 4 rings (SSSR count). The molecule has 0 saturated carbocycles. The molecule has 1 aliphatic rings. The first-order valence-electron chi connectivity index (χ1n) is 11.8. The summed E-state index contributed by atoms with van der Waals surface area (Å²) in [7, 11) is 1.30. The Bertz CT molecular complexity index is 1260. The molecule has 1 fully saturated rings. The van der Waals surface area contributed by atoms with Crippen LogP contribution in [-0.4, -0.2) is 47.0 Å². The molecule has 10 heteroatoms. The van der Waals surface area contributed by atoms with Crippen molar-refractivity contribution in [1.82, 2.24) is 14.5 Å². The lowest BCUT2D eigenvalue weighted by molar-refractivity contribution is -0.275. The van der Waals surface area contributed by atoms with E-state index in [4.69, 9.17) is 11.3 Å². The number of alkyl halides is 3. The summed E-state index contributed by atoms with van der Waals surface area (Å²) in [6.07, 6.45) is -0.282. The zero-order chi connectivity index (χ0) is 26.5. The molecule has 0 unspecified atom stereocenters. The van der Waals surface area contributed by atoms with E-state index in [-0.39, 0.29) is 12.2 Å². The first kappa shape index (κ1) is 26.2. The monoisotopic (exact) mass is 512 g/mol. The second-order valence-electron chi connectivity index (χ2n) is 9.17. The number of halogens is 3. The van der Waals surface area contributed by atoms with Gasteiger partial charge in [0.15, 0.2) is 5.69 Å². The Morgan fingerprint density at radius 2 is 1.81 bits per heavy atom. The number of hydrogen-bond acceptors (Lipinski definition) is 5. The number of hydrogen-bond donors (Lipinski definition) is 0. The van der Waals surface area contributed by atoms with Crippen LogP contribution in [0, 0.1) is 12.0 Å². The molecular formula is C27H27F3N4O3. The molecule has 0 amide bonds. The van der Waals surface area contributed by atoms with E-state index in [0.29, 0.717) is 50.3 Å². The van der Waals surface area contributed by atoms with Crippen molar-refractivity contribution >= 4 is 11.7 Å². The van der Waals surface area contributed by atoms with Gasteiger partial charge in [0, 0.05) is 19.3 Å². The molecule has 1 saturated heterocycles. The van der Waals surface area contributed by atoms with E-state index in [1.807, 2.05) is 16.7 Å². The number of likely N-dealkylation sites (tertiary alicyclic amines) is 1. The SMILES string of the molecule is [C-]#[N+]c1ccc(Cn2cncc2CN2CCC(Cc3ccccc3OC(F)(F)F)(C(=O)OC)CC2)cc1. The van der Waals surface area contributed by atoms with Gasteiger partial charge in [-0.2, -0.15) is 0 Å². The van der Waals surface area contributed by atoms with Gasteiger partial charge in [0.05, 0.1) is 31.1 Å². The van der Waals surface area contributed by atoms with Crippen LogP contribution in [0.25, 0.3) is 4.85 Å². The Kier molecular flexibility index (Phi) is 7.83. The molecular weight excluding hydrogens is 485 g/mol. The van der Waals surface area contributed by atoms with Gasteiger partial charge in [0.2, 0.25) is 0 Å². The molecule has 1 aromatic heterocycles. The van der Waals surface area contributed by atoms with E-state index >= 15 is 0 Å². The van der Waals surface area contributed by atoms with Crippen molar-refractivity contribution in [1.29, 1.82) is 0 Å². The summed E-state index contributed by atoms with van der Waals surface area (Å²) in [6.45, 7) is 9.46. The fourth-order valence-corrected chi connectivity index (χ4v) is 4.77. The van der Waals surface area contributed by atoms with Gasteiger partial charge in [-0.3, -0.25) is 9.69 Å². The van der Waals surface area contributed by atoms with Crippen molar-refractivity contribution in [3.8, 4) is 5.75 Å². The third kappa shape index (κ3) is 6.49. The maximum Gasteiger partial charge on any atom is 0.573 e. The molecule has 0 aliphatic carbocycles. The van der Waals surface area contributed by atoms with Gasteiger partial charge in [0.25, 0.3) is 0 Å². The zero-order valence-electron chi connectivity index (χ0n) is 20.4. The first-order valence-corrected chi connectivity index (χ1v) is 11.8. The maximum atomic E-state index is 12.9. The lowest BCUT2D eigenvalue weighted by Crippen LogP contribution is -2.46. The molecule has 37 heavy (non-hydrogen) atoms. The van der Waals surface area contributed by atoms with Gasteiger partial charge in [-0.25, -0.2) is 9.83 Å². The number of carbonyl (C=O) groups excluding carboxylic acids is 1. The predicted octanol–water partition coefficient (Wildman–Crippen LogP) is 5.38. The normalized spacial score (nSPS) is 15.6. The van der Waals surface area contributed by atoms with Crippen LogP contribution in [0.1, 0.15) is 29.7 Å². The Morgan fingerprint density at radius 3 is 2.46 bits per heavy atom. The molecule has 0 atom stereocenters. The molecule has 2 heterocycles. The number of rotatable bonds is 8. The van der Waals surface area contributed by atoms with Crippen LogP contribution in [0.4, 0.5) is 18.9 Å². The predicted molar refractivity (Wildman–Crippen MR) is 130 cm³/mol. The minimum atomic E-state index is -4.82. The van der Waals surface area contributed by atoms with Crippen molar-refractivity contribution in [3.05, 3.63) is 89.3 Å². The highest BCUT2D eigenvalue weighted by Gasteiger charge is 2.43. The summed E-state index contributed by atoms with van der Waals surface area (Å²) in [5.41, 5.74) is 2.02. The molecule has 0 bridgehead atoms. The number of esters is 1. The minimum absolute atomic E-state index is 0.0955. The van der Waals surface area contributed by atoms with Crippen LogP contribution in [0.3, 0.4) is 0 Å². The number of para-hydroxylation sites is 1. The molecule has 1 aliphatic heterocycles. The molecule has 0 N–H and O–H groups in total. The smallest absolute Gasteiger partial charge is 0.469 e. The van der Waals surface area contributed by atoms with E-state index < -0.39 is 17.7 Å². The average Bonchev–Trinajstić information content (AvgIpc) is 3.31. The van der Waals surface area contributed by atoms with E-state index in [9.17, 15) is 18.0 Å². The van der Waals surface area contributed by atoms with Crippen LogP contribution in [0.5, 0.6) is 5.75 Å². The first-order chi connectivity index (χ1) is 17.7. The fraction of sp³-hybridized carbons (Fsp3) is 0.370. The lowest BCUT2D eigenvalue weighted by Gasteiger charge is -2.40. The van der Waals surface area contributed by atoms with Crippen LogP contribution < -0.4 is 4.74 Å². The minimum Gasteiger partial charge on any atom is -0.469 e. The van der Waals surface area contributed by atoms with Gasteiger partial charge in [-0.05, 0) is 49.5 Å². The highest BCUT2D eigenvalue weighted by molar-refractivity contribution is 5.77. The molecule has 0 radical (unpaired) electrons. The third-order valence-corrected chi connectivity index (χ3v) is 6.76. The van der Waals surface area contributed by atoms with Crippen molar-refractivity contribution in [3.63, 3.8) is 0 Å². The largest absolute Gasteiger partial charge is 0.573 e. The third-order valence-electron chi connectivity index (χ3n) is 6.76. The zero-order valence-corrected chi connectivity index (χ0v) is 20.4. The molecule has 3 aromatic rings. The van der Waals surface area contributed by atoms with Crippen molar-refractivity contribution in [2.45, 2.75) is 38.7 Å². The highest BCUT2D eigenvalue weighted by atomic mass is 19.4. The molecule has 2 aromatic carbocycles. The Morgan fingerprint density at radius 1 is 1.11 bits per heavy atom. The van der Waals surface area contributed by atoms with E-state index in [2.05, 4.69) is 19.5 Å². The number of piperidine rings is 1. The maximum absolute atomic E-state index is 12.9. The number of imidazole rings is 1. The van der Waals surface area contributed by atoms with Crippen LogP contribution in [0.15, 0.2) is 61.1 Å². The molecule has 194 valence electrons. The fourth-order valence-electron chi connectivity index (χ4n) is 4.77. The highest BCUT2D eigenvalue weighted by Crippen LogP contribution is 2.40. The number of benzene rings is 2. The van der Waals surface area contributed by atoms with E-state index in [1.54, 1.807) is 36.8 Å². The van der Waals surface area contributed by atoms with Crippen molar-refractivity contribution in [2.24, 2.45) is 5.41 Å². The summed E-state index contributed by atoms with van der Waals surface area (Å²) < 4.78 is 50.1. The number of nitrogens with zero attached hydrogens (tertiary/aromatic N) is 4. The van der Waals surface area contributed by atoms with Crippen molar-refractivity contribution < 1.29 is 27.4 Å². The Labute approximate surface area is 213 Å². The summed E-state index contributed by atoms with van der Waals surface area (Å²) >= 11 is 0. The van der Waals surface area contributed by atoms with Gasteiger partial charge < -0.3 is 14.0 Å². The van der Waals surface area contributed by atoms with Crippen LogP contribution in [-0.2, 0) is 29.0 Å². The average molecular weight is 513 g/mol. The van der Waals surface area contributed by atoms with Gasteiger partial charge in [-0.1, -0.05) is 42.5 Å². The molecule has 7 nitrogen and oxygen atoms in total. The topological polar surface area (TPSA) is 61.0 Å². The summed E-state index contributed by atoms with van der Waals surface area (Å²) in [5.74, 6) is -0.726. The molecule has 0 spiro atoms. The summed E-state index contributed by atoms with van der Waals surface area (Å²) in [6, 6.07) is 13.3. The number of aromatic nitrogens is 2. The summed E-state index contributed by atoms with van der Waals surface area (Å²) in [4.78, 5) is 22.8. The van der Waals surface area contributed by atoms with E-state index in [0.717, 1.165) is 11.3 Å². The number of carbonyl (C=O) groups is 1. The number of methoxy groups -OCH3 is 1. The standard InChI is InChI=1S/C27H27F3N4O3/c1-31-22-9-7-20(8-10-22)17-34-19-32-16-23(34)18-33-13-11-26(12-14-33,25(35)36-2)15-21-5-3-4-6-24(21)37-27(28,29)30/h3-10,16,19H,11-15,17-18H2,2H3. The Balaban J connectivity index is 1.44. The second-order valence-corrected chi connectivity index (χ2v) is 9.17. The second kappa shape index (κ2) is 11.0. The van der Waals surface area contributed by atoms with Crippen LogP contribution >= 0.6 is 0 Å². The lowest BCUT2D eigenvalue weighted by atomic mass is 9.73. The van der Waals surface area contributed by atoms with Gasteiger partial charge >= 0.3 is 12.3 Å². The number of ether oxygens (including phenoxy) is 2.